The number of aromatic amines is 1. The highest BCUT2D eigenvalue weighted by Crippen LogP contribution is 2.15. The van der Waals surface area contributed by atoms with Gasteiger partial charge >= 0.3 is 5.97 Å². The maximum atomic E-state index is 12.0. The second-order valence-corrected chi connectivity index (χ2v) is 4.08. The molecule has 2 N–H and O–H groups in total. The lowest BCUT2D eigenvalue weighted by molar-refractivity contribution is -0.140. The van der Waals surface area contributed by atoms with Crippen molar-refractivity contribution in [2.24, 2.45) is 0 Å². The summed E-state index contributed by atoms with van der Waals surface area (Å²) in [5.41, 5.74) is 1.26. The van der Waals surface area contributed by atoms with Crippen molar-refractivity contribution in [1.29, 1.82) is 0 Å². The number of methoxy groups -OCH3 is 1. The Morgan fingerprint density at radius 1 is 1.42 bits per heavy atom. The molecule has 0 radical (unpaired) electrons. The minimum absolute atomic E-state index is 0.181. The number of amides is 1. The van der Waals surface area contributed by atoms with Crippen molar-refractivity contribution < 1.29 is 14.3 Å². The zero-order valence-electron chi connectivity index (χ0n) is 10.6. The second-order valence-electron chi connectivity index (χ2n) is 4.08. The number of hydrogen-bond donors (Lipinski definition) is 2. The molecule has 6 heteroatoms. The van der Waals surface area contributed by atoms with E-state index in [2.05, 4.69) is 20.3 Å². The van der Waals surface area contributed by atoms with Gasteiger partial charge in [-0.1, -0.05) is 12.1 Å². The molecule has 0 aliphatic carbocycles. The number of ether oxygens (including phenoxy) is 1. The summed E-state index contributed by atoms with van der Waals surface area (Å²) in [6, 6.07) is 5.42. The Kier molecular flexibility index (Phi) is 4.12. The quantitative estimate of drug-likeness (QED) is 0.626. The number of rotatable bonds is 5. The van der Waals surface area contributed by atoms with Crippen LogP contribution >= 0.6 is 0 Å². The first kappa shape index (κ1) is 13.1. The van der Waals surface area contributed by atoms with Gasteiger partial charge in [-0.25, -0.2) is 0 Å². The molecule has 0 saturated carbocycles. The van der Waals surface area contributed by atoms with Crippen LogP contribution in [-0.4, -0.2) is 35.7 Å². The van der Waals surface area contributed by atoms with Crippen molar-refractivity contribution in [3.63, 3.8) is 0 Å². The van der Waals surface area contributed by atoms with Crippen molar-refractivity contribution in [2.45, 2.75) is 12.8 Å². The zero-order valence-corrected chi connectivity index (χ0v) is 10.6. The third-order valence-electron chi connectivity index (χ3n) is 2.79. The first-order valence-corrected chi connectivity index (χ1v) is 5.99. The van der Waals surface area contributed by atoms with Gasteiger partial charge in [0.2, 0.25) is 0 Å². The lowest BCUT2D eigenvalue weighted by Gasteiger charge is -2.05. The van der Waals surface area contributed by atoms with Crippen LogP contribution in [0.15, 0.2) is 24.4 Å². The molecule has 0 fully saturated rings. The summed E-state index contributed by atoms with van der Waals surface area (Å²) >= 11 is 0. The average molecular weight is 261 g/mol. The van der Waals surface area contributed by atoms with Gasteiger partial charge < -0.3 is 10.1 Å². The molecule has 0 spiro atoms. The van der Waals surface area contributed by atoms with Gasteiger partial charge in [0.05, 0.1) is 24.4 Å². The first-order valence-electron chi connectivity index (χ1n) is 5.99. The summed E-state index contributed by atoms with van der Waals surface area (Å²) in [4.78, 5) is 22.9. The van der Waals surface area contributed by atoms with E-state index in [4.69, 9.17) is 0 Å². The average Bonchev–Trinajstić information content (AvgIpc) is 2.91. The van der Waals surface area contributed by atoms with Crippen LogP contribution in [0.1, 0.15) is 23.2 Å². The van der Waals surface area contributed by atoms with Crippen LogP contribution in [0.3, 0.4) is 0 Å². The second kappa shape index (κ2) is 5.99. The number of carbonyl (C=O) groups is 2. The van der Waals surface area contributed by atoms with Gasteiger partial charge in [0.15, 0.2) is 0 Å². The maximum Gasteiger partial charge on any atom is 0.305 e. The lowest BCUT2D eigenvalue weighted by Crippen LogP contribution is -2.25. The molecule has 0 atom stereocenters. The Labute approximate surface area is 110 Å². The third kappa shape index (κ3) is 3.09. The SMILES string of the molecule is COC(=O)CCCNC(=O)c1cccc2cn[nH]c12. The van der Waals surface area contributed by atoms with Crippen LogP contribution in [0.4, 0.5) is 0 Å². The maximum absolute atomic E-state index is 12.0. The molecular formula is C13H15N3O3. The molecule has 1 aromatic heterocycles. The van der Waals surface area contributed by atoms with Crippen molar-refractivity contribution in [1.82, 2.24) is 15.5 Å². The van der Waals surface area contributed by atoms with Crippen LogP contribution < -0.4 is 5.32 Å². The van der Waals surface area contributed by atoms with E-state index in [0.29, 0.717) is 30.5 Å². The largest absolute Gasteiger partial charge is 0.469 e. The predicted octanol–water partition coefficient (Wildman–Crippen LogP) is 1.25. The van der Waals surface area contributed by atoms with Gasteiger partial charge in [0, 0.05) is 18.4 Å². The van der Waals surface area contributed by atoms with Gasteiger partial charge in [0.1, 0.15) is 0 Å². The van der Waals surface area contributed by atoms with Crippen molar-refractivity contribution >= 4 is 22.8 Å². The van der Waals surface area contributed by atoms with E-state index in [-0.39, 0.29) is 11.9 Å². The van der Waals surface area contributed by atoms with Gasteiger partial charge in [-0.3, -0.25) is 14.7 Å². The van der Waals surface area contributed by atoms with Crippen molar-refractivity contribution in [3.05, 3.63) is 30.0 Å². The zero-order chi connectivity index (χ0) is 13.7. The minimum Gasteiger partial charge on any atom is -0.469 e. The number of aromatic nitrogens is 2. The summed E-state index contributed by atoms with van der Waals surface area (Å²) in [5.74, 6) is -0.454. The summed E-state index contributed by atoms with van der Waals surface area (Å²) in [6.07, 6.45) is 2.52. The van der Waals surface area contributed by atoms with Crippen molar-refractivity contribution in [3.8, 4) is 0 Å². The number of nitrogens with one attached hydrogen (secondary N) is 2. The van der Waals surface area contributed by atoms with Crippen LogP contribution in [0.25, 0.3) is 10.9 Å². The van der Waals surface area contributed by atoms with Crippen molar-refractivity contribution in [2.75, 3.05) is 13.7 Å². The van der Waals surface area contributed by atoms with E-state index in [1.54, 1.807) is 18.3 Å². The fraction of sp³-hybridized carbons (Fsp3) is 0.308. The van der Waals surface area contributed by atoms with Gasteiger partial charge in [-0.15, -0.1) is 0 Å². The molecule has 0 unspecified atom stereocenters. The minimum atomic E-state index is -0.273. The Morgan fingerprint density at radius 3 is 3.05 bits per heavy atom. The molecule has 1 heterocycles. The Hall–Kier alpha value is -2.37. The predicted molar refractivity (Wildman–Crippen MR) is 69.7 cm³/mol. The third-order valence-corrected chi connectivity index (χ3v) is 2.79. The van der Waals surface area contributed by atoms with Gasteiger partial charge in [-0.05, 0) is 12.5 Å². The van der Waals surface area contributed by atoms with E-state index < -0.39 is 0 Å². The molecule has 1 aromatic carbocycles. The molecule has 6 nitrogen and oxygen atoms in total. The topological polar surface area (TPSA) is 84.1 Å². The fourth-order valence-electron chi connectivity index (χ4n) is 1.79. The van der Waals surface area contributed by atoms with E-state index in [1.165, 1.54) is 7.11 Å². The highest BCUT2D eigenvalue weighted by molar-refractivity contribution is 6.05. The number of esters is 1. The van der Waals surface area contributed by atoms with E-state index in [0.717, 1.165) is 5.39 Å². The Morgan fingerprint density at radius 2 is 2.26 bits per heavy atom. The van der Waals surface area contributed by atoms with Crippen LogP contribution in [-0.2, 0) is 9.53 Å². The number of H-pyrrole nitrogens is 1. The summed E-state index contributed by atoms with van der Waals surface area (Å²) in [6.45, 7) is 0.429. The highest BCUT2D eigenvalue weighted by Gasteiger charge is 2.10. The number of benzene rings is 1. The van der Waals surface area contributed by atoms with E-state index in [1.807, 2.05) is 6.07 Å². The monoisotopic (exact) mass is 261 g/mol. The Bertz CT molecular complexity index is 592. The smallest absolute Gasteiger partial charge is 0.305 e. The number of hydrogen-bond acceptors (Lipinski definition) is 4. The van der Waals surface area contributed by atoms with Gasteiger partial charge in [-0.2, -0.15) is 5.10 Å². The molecule has 2 rings (SSSR count). The molecule has 100 valence electrons. The Balaban J connectivity index is 1.93. The first-order chi connectivity index (χ1) is 9.22. The number of carbonyl (C=O) groups excluding carboxylic acids is 2. The number of fused-ring (bicyclic) bond motifs is 1. The van der Waals surface area contributed by atoms with Crippen LogP contribution in [0.2, 0.25) is 0 Å². The molecule has 0 aliphatic heterocycles. The van der Waals surface area contributed by atoms with E-state index >= 15 is 0 Å². The lowest BCUT2D eigenvalue weighted by atomic mass is 10.1. The normalized spacial score (nSPS) is 10.4. The molecular weight excluding hydrogens is 246 g/mol. The van der Waals surface area contributed by atoms with Gasteiger partial charge in [0.25, 0.3) is 5.91 Å². The van der Waals surface area contributed by atoms with Crippen LogP contribution in [0.5, 0.6) is 0 Å². The molecule has 2 aromatic rings. The molecule has 0 aliphatic rings. The summed E-state index contributed by atoms with van der Waals surface area (Å²) in [5, 5.41) is 10.4. The molecule has 19 heavy (non-hydrogen) atoms. The number of nitrogens with zero attached hydrogens (tertiary/aromatic N) is 1. The van der Waals surface area contributed by atoms with Crippen LogP contribution in [0, 0.1) is 0 Å². The summed E-state index contributed by atoms with van der Waals surface area (Å²) in [7, 11) is 1.35. The molecule has 1 amide bonds. The summed E-state index contributed by atoms with van der Waals surface area (Å²) < 4.78 is 4.52. The highest BCUT2D eigenvalue weighted by atomic mass is 16.5. The standard InChI is InChI=1S/C13H15N3O3/c1-19-11(17)6-3-7-14-13(18)10-5-2-4-9-8-15-16-12(9)10/h2,4-5,8H,3,6-7H2,1H3,(H,14,18)(H,15,16). The van der Waals surface area contributed by atoms with E-state index in [9.17, 15) is 9.59 Å². The molecule has 0 saturated heterocycles. The number of para-hydroxylation sites is 1. The fourth-order valence-corrected chi connectivity index (χ4v) is 1.79. The molecule has 0 bridgehead atoms.